The van der Waals surface area contributed by atoms with Crippen molar-refractivity contribution in [3.05, 3.63) is 35.4 Å². The predicted molar refractivity (Wildman–Crippen MR) is 55.8 cm³/mol. The molecule has 0 fully saturated rings. The Labute approximate surface area is 88.1 Å². The second-order valence-corrected chi connectivity index (χ2v) is 3.62. The quantitative estimate of drug-likeness (QED) is 0.827. The van der Waals surface area contributed by atoms with Crippen LogP contribution in [0.25, 0.3) is 0 Å². The molecule has 15 heavy (non-hydrogen) atoms. The minimum Gasteiger partial charge on any atom is -0.478 e. The summed E-state index contributed by atoms with van der Waals surface area (Å²) in [5.41, 5.74) is 0.269. The lowest BCUT2D eigenvalue weighted by Gasteiger charge is -2.15. The first kappa shape index (κ1) is 11.7. The molecule has 1 atom stereocenters. The Bertz CT molecular complexity index is 352. The normalized spacial score (nSPS) is 12.8. The molecule has 1 N–H and O–H groups in total. The van der Waals surface area contributed by atoms with Crippen LogP contribution in [0.15, 0.2) is 24.3 Å². The Balaban J connectivity index is 2.97. The highest BCUT2D eigenvalue weighted by atomic mass is 19.1. The van der Waals surface area contributed by atoms with E-state index >= 15 is 0 Å². The highest BCUT2D eigenvalue weighted by Gasteiger charge is 2.18. The van der Waals surface area contributed by atoms with Crippen LogP contribution in [-0.4, -0.2) is 36.6 Å². The number of hydrogen-bond acceptors (Lipinski definition) is 2. The molecule has 0 aliphatic heterocycles. The van der Waals surface area contributed by atoms with E-state index in [1.54, 1.807) is 31.1 Å². The monoisotopic (exact) mass is 211 g/mol. The maximum Gasteiger partial charge on any atom is 0.336 e. The van der Waals surface area contributed by atoms with Gasteiger partial charge in [-0.15, -0.1) is 0 Å². The Hall–Kier alpha value is -1.42. The minimum absolute atomic E-state index is 0.0341. The summed E-state index contributed by atoms with van der Waals surface area (Å²) >= 11 is 0. The number of rotatable bonds is 4. The molecule has 0 saturated carbocycles. The topological polar surface area (TPSA) is 40.5 Å². The third kappa shape index (κ3) is 3.02. The molecule has 0 bridgehead atoms. The van der Waals surface area contributed by atoms with Crippen molar-refractivity contribution in [3.63, 3.8) is 0 Å². The van der Waals surface area contributed by atoms with Crippen LogP contribution in [-0.2, 0) is 0 Å². The number of aromatic carboxylic acids is 1. The summed E-state index contributed by atoms with van der Waals surface area (Å²) in [7, 11) is 3.49. The van der Waals surface area contributed by atoms with Gasteiger partial charge in [-0.1, -0.05) is 18.2 Å². The van der Waals surface area contributed by atoms with Gasteiger partial charge < -0.3 is 10.0 Å². The molecule has 1 aromatic carbocycles. The van der Waals surface area contributed by atoms with E-state index < -0.39 is 12.1 Å². The summed E-state index contributed by atoms with van der Waals surface area (Å²) in [4.78, 5) is 12.5. The number of alkyl halides is 1. The zero-order valence-electron chi connectivity index (χ0n) is 8.77. The Morgan fingerprint density at radius 1 is 1.47 bits per heavy atom. The summed E-state index contributed by atoms with van der Waals surface area (Å²) in [6, 6.07) is 6.16. The van der Waals surface area contributed by atoms with Crippen molar-refractivity contribution in [2.45, 2.75) is 6.17 Å². The van der Waals surface area contributed by atoms with Crippen LogP contribution in [0.1, 0.15) is 22.1 Å². The molecule has 0 spiro atoms. The molecule has 1 rings (SSSR count). The minimum atomic E-state index is -1.27. The first-order valence-corrected chi connectivity index (χ1v) is 4.63. The summed E-state index contributed by atoms with van der Waals surface area (Å²) in [6.07, 6.45) is -1.27. The number of carboxylic acid groups (broad SMARTS) is 1. The van der Waals surface area contributed by atoms with Gasteiger partial charge in [0.1, 0.15) is 6.17 Å². The molecule has 82 valence electrons. The highest BCUT2D eigenvalue weighted by Crippen LogP contribution is 2.22. The Morgan fingerprint density at radius 2 is 2.07 bits per heavy atom. The van der Waals surface area contributed by atoms with Gasteiger partial charge in [-0.05, 0) is 20.2 Å². The largest absolute Gasteiger partial charge is 0.478 e. The van der Waals surface area contributed by atoms with Crippen molar-refractivity contribution in [2.24, 2.45) is 0 Å². The van der Waals surface area contributed by atoms with E-state index in [1.165, 1.54) is 12.1 Å². The van der Waals surface area contributed by atoms with E-state index in [1.807, 2.05) is 0 Å². The molecule has 0 aromatic heterocycles. The second-order valence-electron chi connectivity index (χ2n) is 3.62. The molecule has 0 amide bonds. The molecule has 1 aromatic rings. The highest BCUT2D eigenvalue weighted by molar-refractivity contribution is 5.89. The molecule has 0 heterocycles. The zero-order valence-corrected chi connectivity index (χ0v) is 8.77. The number of nitrogens with zero attached hydrogens (tertiary/aromatic N) is 1. The fourth-order valence-corrected chi connectivity index (χ4v) is 1.38. The van der Waals surface area contributed by atoms with Crippen LogP contribution in [0.4, 0.5) is 4.39 Å². The molecule has 0 aliphatic rings. The van der Waals surface area contributed by atoms with Gasteiger partial charge in [0, 0.05) is 12.1 Å². The van der Waals surface area contributed by atoms with E-state index in [9.17, 15) is 9.18 Å². The van der Waals surface area contributed by atoms with E-state index in [0.717, 1.165) is 0 Å². The number of hydrogen-bond donors (Lipinski definition) is 1. The second kappa shape index (κ2) is 4.89. The number of benzene rings is 1. The van der Waals surface area contributed by atoms with Crippen molar-refractivity contribution in [2.75, 3.05) is 20.6 Å². The van der Waals surface area contributed by atoms with Crippen LogP contribution < -0.4 is 0 Å². The fourth-order valence-electron chi connectivity index (χ4n) is 1.38. The first-order chi connectivity index (χ1) is 7.02. The Morgan fingerprint density at radius 3 is 2.60 bits per heavy atom. The van der Waals surface area contributed by atoms with Crippen LogP contribution in [0.5, 0.6) is 0 Å². The number of likely N-dealkylation sites (N-methyl/N-ethyl adjacent to an activating group) is 1. The van der Waals surface area contributed by atoms with Crippen LogP contribution in [0.2, 0.25) is 0 Å². The van der Waals surface area contributed by atoms with Gasteiger partial charge in [-0.25, -0.2) is 9.18 Å². The summed E-state index contributed by atoms with van der Waals surface area (Å²) in [5.74, 6) is -1.09. The molecule has 3 nitrogen and oxygen atoms in total. The summed E-state index contributed by atoms with van der Waals surface area (Å²) in [5, 5.41) is 8.87. The van der Waals surface area contributed by atoms with Crippen LogP contribution in [0.3, 0.4) is 0 Å². The van der Waals surface area contributed by atoms with Gasteiger partial charge in [-0.2, -0.15) is 0 Å². The lowest BCUT2D eigenvalue weighted by Crippen LogP contribution is -2.19. The molecular formula is C11H14FNO2. The molecule has 1 unspecified atom stereocenters. The molecule has 0 radical (unpaired) electrons. The van der Waals surface area contributed by atoms with E-state index in [4.69, 9.17) is 5.11 Å². The summed E-state index contributed by atoms with van der Waals surface area (Å²) < 4.78 is 13.7. The smallest absolute Gasteiger partial charge is 0.336 e. The predicted octanol–water partition coefficient (Wildman–Crippen LogP) is 1.96. The van der Waals surface area contributed by atoms with Crippen molar-refractivity contribution >= 4 is 5.97 Å². The molecule has 0 saturated heterocycles. The van der Waals surface area contributed by atoms with Gasteiger partial charge in [0.15, 0.2) is 0 Å². The van der Waals surface area contributed by atoms with Crippen molar-refractivity contribution in [1.29, 1.82) is 0 Å². The van der Waals surface area contributed by atoms with Crippen molar-refractivity contribution in [1.82, 2.24) is 4.90 Å². The van der Waals surface area contributed by atoms with Crippen LogP contribution >= 0.6 is 0 Å². The average Bonchev–Trinajstić information content (AvgIpc) is 2.16. The third-order valence-electron chi connectivity index (χ3n) is 2.05. The van der Waals surface area contributed by atoms with Crippen molar-refractivity contribution in [3.8, 4) is 0 Å². The van der Waals surface area contributed by atoms with Gasteiger partial charge in [0.05, 0.1) is 5.56 Å². The summed E-state index contributed by atoms with van der Waals surface area (Å²) in [6.45, 7) is 0.185. The lowest BCUT2D eigenvalue weighted by atomic mass is 10.0. The Kier molecular flexibility index (Phi) is 3.80. The van der Waals surface area contributed by atoms with Crippen LogP contribution in [0, 0.1) is 0 Å². The molecule has 4 heteroatoms. The lowest BCUT2D eigenvalue weighted by molar-refractivity contribution is 0.0692. The van der Waals surface area contributed by atoms with Gasteiger partial charge in [0.2, 0.25) is 0 Å². The first-order valence-electron chi connectivity index (χ1n) is 4.63. The number of carbonyl (C=O) groups is 1. The van der Waals surface area contributed by atoms with Gasteiger partial charge in [0.25, 0.3) is 0 Å². The standard InChI is InChI=1S/C11H14FNO2/c1-13(2)7-10(12)8-5-3-4-6-9(8)11(14)15/h3-6,10H,7H2,1-2H3,(H,14,15). The number of carboxylic acids is 1. The van der Waals surface area contributed by atoms with Gasteiger partial charge >= 0.3 is 5.97 Å². The van der Waals surface area contributed by atoms with Crippen molar-refractivity contribution < 1.29 is 14.3 Å². The average molecular weight is 211 g/mol. The third-order valence-corrected chi connectivity index (χ3v) is 2.05. The maximum atomic E-state index is 13.7. The molecule has 0 aliphatic carbocycles. The number of halogens is 1. The van der Waals surface area contributed by atoms with E-state index in [-0.39, 0.29) is 17.7 Å². The SMILES string of the molecule is CN(C)CC(F)c1ccccc1C(=O)O. The van der Waals surface area contributed by atoms with E-state index in [0.29, 0.717) is 0 Å². The van der Waals surface area contributed by atoms with Gasteiger partial charge in [-0.3, -0.25) is 0 Å². The fraction of sp³-hybridized carbons (Fsp3) is 0.364. The zero-order chi connectivity index (χ0) is 11.4. The van der Waals surface area contributed by atoms with E-state index in [2.05, 4.69) is 0 Å². The maximum absolute atomic E-state index is 13.7. The molecular weight excluding hydrogens is 197 g/mol.